The number of hydrogen-bond donors (Lipinski definition) is 1. The average molecular weight is 296 g/mol. The van der Waals surface area contributed by atoms with Gasteiger partial charge in [0, 0.05) is 13.2 Å². The summed E-state index contributed by atoms with van der Waals surface area (Å²) in [5.41, 5.74) is -1.52. The Balaban J connectivity index is 2.16. The lowest BCUT2D eigenvalue weighted by Gasteiger charge is -2.49. The predicted molar refractivity (Wildman–Crippen MR) is 80.8 cm³/mol. The van der Waals surface area contributed by atoms with Crippen molar-refractivity contribution >= 4 is 11.8 Å². The van der Waals surface area contributed by atoms with E-state index in [-0.39, 0.29) is 17.9 Å². The Labute approximate surface area is 127 Å². The maximum atomic E-state index is 12.9. The quantitative estimate of drug-likeness (QED) is 0.842. The summed E-state index contributed by atoms with van der Waals surface area (Å²) in [5.74, 6) is -0.00626. The Morgan fingerprint density at radius 2 is 1.95 bits per heavy atom. The van der Waals surface area contributed by atoms with E-state index in [1.165, 1.54) is 0 Å². The predicted octanol–water partition coefficient (Wildman–Crippen LogP) is 1.85. The number of hydrogen-bond acceptors (Lipinski definition) is 3. The molecule has 1 N–H and O–H groups in total. The zero-order chi connectivity index (χ0) is 15.7. The molecule has 0 aromatic rings. The second-order valence-corrected chi connectivity index (χ2v) is 6.68. The van der Waals surface area contributed by atoms with Crippen LogP contribution < -0.4 is 5.32 Å². The highest BCUT2D eigenvalue weighted by Crippen LogP contribution is 2.31. The van der Waals surface area contributed by atoms with Gasteiger partial charge in [-0.3, -0.25) is 9.59 Å². The van der Waals surface area contributed by atoms with Gasteiger partial charge >= 0.3 is 0 Å². The third-order valence-electron chi connectivity index (χ3n) is 5.14. The first-order valence-corrected chi connectivity index (χ1v) is 8.13. The molecule has 5 heteroatoms. The summed E-state index contributed by atoms with van der Waals surface area (Å²) in [6.45, 7) is 8.97. The fourth-order valence-corrected chi connectivity index (χ4v) is 3.31. The van der Waals surface area contributed by atoms with Crippen molar-refractivity contribution in [3.63, 3.8) is 0 Å². The fourth-order valence-electron chi connectivity index (χ4n) is 3.31. The van der Waals surface area contributed by atoms with Crippen LogP contribution >= 0.6 is 0 Å². The molecule has 2 saturated heterocycles. The van der Waals surface area contributed by atoms with Crippen LogP contribution in [0.5, 0.6) is 0 Å². The topological polar surface area (TPSA) is 58.6 Å². The molecule has 0 spiro atoms. The molecule has 1 unspecified atom stereocenters. The molecule has 120 valence electrons. The number of carbonyl (C=O) groups excluding carboxylic acids is 2. The Morgan fingerprint density at radius 3 is 2.48 bits per heavy atom. The van der Waals surface area contributed by atoms with Crippen LogP contribution in [0, 0.1) is 0 Å². The highest BCUT2D eigenvalue weighted by atomic mass is 16.5. The van der Waals surface area contributed by atoms with Gasteiger partial charge in [-0.2, -0.15) is 0 Å². The van der Waals surface area contributed by atoms with E-state index in [2.05, 4.69) is 5.32 Å². The molecule has 1 atom stereocenters. The van der Waals surface area contributed by atoms with E-state index in [1.54, 1.807) is 4.90 Å². The lowest BCUT2D eigenvalue weighted by atomic mass is 9.83. The van der Waals surface area contributed by atoms with Gasteiger partial charge in [-0.1, -0.05) is 13.8 Å². The Kier molecular flexibility index (Phi) is 4.61. The van der Waals surface area contributed by atoms with Gasteiger partial charge < -0.3 is 15.0 Å². The average Bonchev–Trinajstić information content (AvgIpc) is 2.96. The summed E-state index contributed by atoms with van der Waals surface area (Å²) in [4.78, 5) is 27.2. The highest BCUT2D eigenvalue weighted by Gasteiger charge is 2.52. The second kappa shape index (κ2) is 5.95. The molecule has 2 amide bonds. The first-order valence-electron chi connectivity index (χ1n) is 8.13. The monoisotopic (exact) mass is 296 g/mol. The molecule has 21 heavy (non-hydrogen) atoms. The van der Waals surface area contributed by atoms with Gasteiger partial charge in [0.05, 0.1) is 6.10 Å². The SMILES string of the molecule is CCC1(CC)NC(=O)C(C)(C)N(CCC2CCCO2)C1=O. The number of nitrogens with zero attached hydrogens (tertiary/aromatic N) is 1. The first-order chi connectivity index (χ1) is 9.87. The molecular weight excluding hydrogens is 268 g/mol. The maximum Gasteiger partial charge on any atom is 0.249 e. The van der Waals surface area contributed by atoms with Crippen molar-refractivity contribution in [2.75, 3.05) is 13.2 Å². The number of ether oxygens (including phenoxy) is 1. The molecule has 2 fully saturated rings. The van der Waals surface area contributed by atoms with E-state index in [4.69, 9.17) is 4.74 Å². The van der Waals surface area contributed by atoms with Crippen LogP contribution in [-0.2, 0) is 14.3 Å². The van der Waals surface area contributed by atoms with Crippen LogP contribution in [0.3, 0.4) is 0 Å². The number of rotatable bonds is 5. The summed E-state index contributed by atoms with van der Waals surface area (Å²) < 4.78 is 5.64. The Morgan fingerprint density at radius 1 is 1.29 bits per heavy atom. The molecule has 0 aliphatic carbocycles. The summed E-state index contributed by atoms with van der Waals surface area (Å²) in [5, 5.41) is 2.97. The third-order valence-corrected chi connectivity index (χ3v) is 5.14. The Bertz CT molecular complexity index is 410. The van der Waals surface area contributed by atoms with E-state index in [0.717, 1.165) is 25.9 Å². The normalized spacial score (nSPS) is 27.8. The standard InChI is InChI=1S/C16H28N2O3/c1-5-16(6-2)14(20)18(15(3,4)13(19)17-16)10-9-12-8-7-11-21-12/h12H,5-11H2,1-4H3,(H,17,19). The van der Waals surface area contributed by atoms with Crippen LogP contribution in [0.4, 0.5) is 0 Å². The van der Waals surface area contributed by atoms with E-state index in [0.29, 0.717) is 19.4 Å². The van der Waals surface area contributed by atoms with E-state index in [9.17, 15) is 9.59 Å². The number of carbonyl (C=O) groups is 2. The maximum absolute atomic E-state index is 12.9. The smallest absolute Gasteiger partial charge is 0.249 e. The Hall–Kier alpha value is -1.10. The zero-order valence-corrected chi connectivity index (χ0v) is 13.7. The minimum atomic E-state index is -0.788. The molecule has 0 aromatic heterocycles. The van der Waals surface area contributed by atoms with Crippen LogP contribution in [0.1, 0.15) is 59.8 Å². The summed E-state index contributed by atoms with van der Waals surface area (Å²) in [6.07, 6.45) is 4.45. The minimum Gasteiger partial charge on any atom is -0.378 e. The van der Waals surface area contributed by atoms with Gasteiger partial charge in [0.1, 0.15) is 11.1 Å². The molecule has 2 rings (SSSR count). The van der Waals surface area contributed by atoms with Crippen molar-refractivity contribution in [3.8, 4) is 0 Å². The van der Waals surface area contributed by atoms with Crippen molar-refractivity contribution in [3.05, 3.63) is 0 Å². The largest absolute Gasteiger partial charge is 0.378 e. The van der Waals surface area contributed by atoms with Gasteiger partial charge in [0.25, 0.3) is 0 Å². The van der Waals surface area contributed by atoms with Crippen molar-refractivity contribution in [2.24, 2.45) is 0 Å². The lowest BCUT2D eigenvalue weighted by molar-refractivity contribution is -0.162. The molecule has 5 nitrogen and oxygen atoms in total. The summed E-state index contributed by atoms with van der Waals surface area (Å²) >= 11 is 0. The van der Waals surface area contributed by atoms with Gasteiger partial charge in [-0.15, -0.1) is 0 Å². The number of amides is 2. The van der Waals surface area contributed by atoms with E-state index in [1.807, 2.05) is 27.7 Å². The van der Waals surface area contributed by atoms with Gasteiger partial charge in [-0.05, 0) is 46.0 Å². The highest BCUT2D eigenvalue weighted by molar-refractivity contribution is 6.01. The van der Waals surface area contributed by atoms with Crippen LogP contribution in [0.2, 0.25) is 0 Å². The first kappa shape index (κ1) is 16.3. The second-order valence-electron chi connectivity index (χ2n) is 6.68. The summed E-state index contributed by atoms with van der Waals surface area (Å²) in [6, 6.07) is 0. The molecule has 0 aromatic carbocycles. The minimum absolute atomic E-state index is 0.0510. The third kappa shape index (κ3) is 2.80. The van der Waals surface area contributed by atoms with Crippen molar-refractivity contribution in [1.29, 1.82) is 0 Å². The zero-order valence-electron chi connectivity index (χ0n) is 13.7. The van der Waals surface area contributed by atoms with Gasteiger partial charge in [-0.25, -0.2) is 0 Å². The van der Waals surface area contributed by atoms with Gasteiger partial charge in [0.15, 0.2) is 0 Å². The van der Waals surface area contributed by atoms with Crippen molar-refractivity contribution < 1.29 is 14.3 Å². The van der Waals surface area contributed by atoms with Crippen LogP contribution in [0.25, 0.3) is 0 Å². The molecule has 0 radical (unpaired) electrons. The molecule has 0 saturated carbocycles. The van der Waals surface area contributed by atoms with E-state index >= 15 is 0 Å². The van der Waals surface area contributed by atoms with E-state index < -0.39 is 11.1 Å². The van der Waals surface area contributed by atoms with Crippen molar-refractivity contribution in [1.82, 2.24) is 10.2 Å². The van der Waals surface area contributed by atoms with Gasteiger partial charge in [0.2, 0.25) is 11.8 Å². The number of nitrogens with one attached hydrogen (secondary N) is 1. The van der Waals surface area contributed by atoms with Crippen LogP contribution in [-0.4, -0.2) is 47.0 Å². The van der Waals surface area contributed by atoms with Crippen LogP contribution in [0.15, 0.2) is 0 Å². The number of piperazine rings is 1. The summed E-state index contributed by atoms with van der Waals surface area (Å²) in [7, 11) is 0. The molecular formula is C16H28N2O3. The fraction of sp³-hybridized carbons (Fsp3) is 0.875. The molecule has 2 aliphatic rings. The molecule has 2 aliphatic heterocycles. The van der Waals surface area contributed by atoms with Crippen molar-refractivity contribution in [2.45, 2.75) is 77.0 Å². The molecule has 2 heterocycles. The molecule has 0 bridgehead atoms. The lowest BCUT2D eigenvalue weighted by Crippen LogP contribution is -2.74.